The van der Waals surface area contributed by atoms with Gasteiger partial charge in [0.25, 0.3) is 0 Å². The van der Waals surface area contributed by atoms with E-state index in [-0.39, 0.29) is 82.7 Å². The van der Waals surface area contributed by atoms with Crippen LogP contribution in [-0.2, 0) is 91.8 Å². The first kappa shape index (κ1) is 27.7. The van der Waals surface area contributed by atoms with Gasteiger partial charge < -0.3 is 15.4 Å². The van der Waals surface area contributed by atoms with Gasteiger partial charge in [-0.15, -0.1) is 7.05 Å². The minimum atomic E-state index is -3.59. The molecule has 1 aliphatic carbocycles. The van der Waals surface area contributed by atoms with Gasteiger partial charge in [0.1, 0.15) is 5.78 Å². The topological polar surface area (TPSA) is 111 Å². The van der Waals surface area contributed by atoms with Crippen molar-refractivity contribution in [1.82, 2.24) is 5.32 Å². The zero-order chi connectivity index (χ0) is 21.2. The number of nitrogens with one attached hydrogen (secondary N) is 1. The molecule has 10 heteroatoms. The largest absolute Gasteiger partial charge is 0.681 e. The van der Waals surface area contributed by atoms with Gasteiger partial charge in [0.05, 0.1) is 10.6 Å². The minimum absolute atomic E-state index is 0. The summed E-state index contributed by atoms with van der Waals surface area (Å²) in [5.41, 5.74) is 2.47. The molecule has 1 N–H and O–H groups in total. The summed E-state index contributed by atoms with van der Waals surface area (Å²) in [6.07, 6.45) is 0.626. The maximum absolute atomic E-state index is 12.7. The van der Waals surface area contributed by atoms with Crippen LogP contribution in [-0.4, -0.2) is 33.1 Å². The number of fused-ring (bicyclic) bond motifs is 1. The van der Waals surface area contributed by atoms with Crippen LogP contribution >= 0.6 is 0 Å². The molecule has 0 atom stereocenters. The predicted octanol–water partition coefficient (Wildman–Crippen LogP) is 2.13. The molecular weight excluding hydrogens is 665 g/mol. The fraction of sp³-hybridized carbons (Fsp3) is 0.238. The van der Waals surface area contributed by atoms with E-state index in [1.165, 1.54) is 32.2 Å². The number of hydrogen-bond donors (Lipinski definition) is 1. The van der Waals surface area contributed by atoms with Crippen molar-refractivity contribution in [2.24, 2.45) is 0 Å². The average molecular weight is 685 g/mol. The summed E-state index contributed by atoms with van der Waals surface area (Å²) in [6.45, 7) is 1.46. The third-order valence-corrected chi connectivity index (χ3v) is 6.40. The molecule has 0 bridgehead atoms. The number of carbonyl (C=O) groups is 3. The number of rotatable bonds is 6. The van der Waals surface area contributed by atoms with Gasteiger partial charge in [-0.05, 0) is 41.0 Å². The van der Waals surface area contributed by atoms with E-state index in [2.05, 4.69) is 10.6 Å². The van der Waals surface area contributed by atoms with Crippen molar-refractivity contribution in [3.63, 3.8) is 0 Å². The summed E-state index contributed by atoms with van der Waals surface area (Å²) in [5.74, 6) is -1.13. The third-order valence-electron chi connectivity index (χ3n) is 4.71. The molecule has 0 saturated carbocycles. The Bertz CT molecular complexity index is 1090. The molecule has 0 fully saturated rings. The van der Waals surface area contributed by atoms with E-state index in [9.17, 15) is 22.8 Å². The zero-order valence-corrected chi connectivity index (χ0v) is 23.6. The number of sulfone groups is 1. The molecule has 0 aliphatic heterocycles. The van der Waals surface area contributed by atoms with E-state index in [0.717, 1.165) is 11.1 Å². The Hall–Kier alpha value is -1.34. The Morgan fingerprint density at radius 1 is 1.06 bits per heavy atom. The van der Waals surface area contributed by atoms with Crippen molar-refractivity contribution in [1.29, 1.82) is 0 Å². The number of nitrogens with zero attached hydrogens (tertiary/aromatic N) is 1. The monoisotopic (exact) mass is 685 g/mol. The number of benzene rings is 2. The van der Waals surface area contributed by atoms with Gasteiger partial charge in [0, 0.05) is 72.2 Å². The predicted molar refractivity (Wildman–Crippen MR) is 107 cm³/mol. The van der Waals surface area contributed by atoms with Crippen LogP contribution in [0.25, 0.3) is 5.32 Å². The zero-order valence-electron chi connectivity index (χ0n) is 17.0. The Morgan fingerprint density at radius 3 is 2.29 bits per heavy atom. The van der Waals surface area contributed by atoms with Crippen LogP contribution in [0.2, 0.25) is 0 Å². The van der Waals surface area contributed by atoms with E-state index >= 15 is 0 Å². The standard InChI is InChI=1S/C21H21N2O5S.W.Y/c1-13(20(25)22-2)23-21(26)15-5-3-14(4-6-15)12-29(27,28)19-8-7-16-9-18(24)10-17(16)11-19;;/h3-8,11H,9-10,12H2,1-2H3,(H2,22,23,25,26);;/q-1;;/p-1. The van der Waals surface area contributed by atoms with E-state index in [1.54, 1.807) is 24.3 Å². The van der Waals surface area contributed by atoms with Gasteiger partial charge in [0.2, 0.25) is 5.91 Å². The van der Waals surface area contributed by atoms with Gasteiger partial charge in [-0.2, -0.15) is 6.92 Å². The fourth-order valence-corrected chi connectivity index (χ4v) is 4.53. The summed E-state index contributed by atoms with van der Waals surface area (Å²) in [6, 6.07) is 11.0. The molecule has 0 heterocycles. The molecular formula is C21H20N2O5SWY-2. The van der Waals surface area contributed by atoms with E-state index in [4.69, 9.17) is 0 Å². The minimum Gasteiger partial charge on any atom is -0.681 e. The molecule has 1 aliphatic rings. The van der Waals surface area contributed by atoms with Crippen molar-refractivity contribution in [2.75, 3.05) is 7.05 Å². The van der Waals surface area contributed by atoms with Crippen LogP contribution in [0.1, 0.15) is 34.0 Å². The number of carbonyl (C=O) groups excluding carboxylic acids is 3. The van der Waals surface area contributed by atoms with Crippen LogP contribution in [0, 0.1) is 6.04 Å². The second kappa shape index (κ2) is 11.5. The molecule has 2 aromatic rings. The van der Waals surface area contributed by atoms with Crippen LogP contribution < -0.4 is 5.32 Å². The normalized spacial score (nSPS) is 12.1. The summed E-state index contributed by atoms with van der Waals surface area (Å²) in [4.78, 5) is 35.3. The first-order valence-corrected chi connectivity index (χ1v) is 10.6. The summed E-state index contributed by atoms with van der Waals surface area (Å²) < 4.78 is 25.5. The van der Waals surface area contributed by atoms with Gasteiger partial charge in [0.15, 0.2) is 9.84 Å². The second-order valence-corrected chi connectivity index (χ2v) is 8.88. The molecule has 2 aromatic carbocycles. The molecule has 1 radical (unpaired) electrons. The molecule has 31 heavy (non-hydrogen) atoms. The Balaban J connectivity index is 0.00000240. The van der Waals surface area contributed by atoms with Crippen molar-refractivity contribution in [3.8, 4) is 0 Å². The summed E-state index contributed by atoms with van der Waals surface area (Å²) >= 11 is 0. The Morgan fingerprint density at radius 2 is 1.68 bits per heavy atom. The summed E-state index contributed by atoms with van der Waals surface area (Å²) in [5, 5.41) is 5.92. The molecule has 3 rings (SSSR count). The quantitative estimate of drug-likeness (QED) is 0.469. The molecule has 0 unspecified atom stereocenters. The van der Waals surface area contributed by atoms with E-state index in [0.29, 0.717) is 17.5 Å². The molecule has 161 valence electrons. The number of likely N-dealkylation sites (N-methyl/N-ethyl adjacent to an activating group) is 1. The van der Waals surface area contributed by atoms with Crippen LogP contribution in [0.4, 0.5) is 0 Å². The molecule has 2 amide bonds. The Labute approximate surface area is 221 Å². The molecule has 7 nitrogen and oxygen atoms in total. The van der Waals surface area contributed by atoms with Crippen LogP contribution in [0.5, 0.6) is 0 Å². The van der Waals surface area contributed by atoms with E-state index in [1.807, 2.05) is 0 Å². The van der Waals surface area contributed by atoms with Crippen molar-refractivity contribution in [2.45, 2.75) is 30.4 Å². The maximum Gasteiger partial charge on any atom is 0.225 e. The third kappa shape index (κ3) is 6.82. The smallest absolute Gasteiger partial charge is 0.225 e. The van der Waals surface area contributed by atoms with Crippen LogP contribution in [0.15, 0.2) is 47.4 Å². The molecule has 0 saturated heterocycles. The first-order chi connectivity index (χ1) is 13.7. The van der Waals surface area contributed by atoms with Gasteiger partial charge >= 0.3 is 0 Å². The first-order valence-electron chi connectivity index (χ1n) is 8.94. The second-order valence-electron chi connectivity index (χ2n) is 6.89. The fourth-order valence-electron chi connectivity index (χ4n) is 3.14. The molecule has 0 aromatic heterocycles. The van der Waals surface area contributed by atoms with E-state index < -0.39 is 21.7 Å². The number of hydrogen-bond acceptors (Lipinski definition) is 5. The number of Topliss-reactive ketones (excluding diaryl/α,β-unsaturated/α-hetero) is 1. The summed E-state index contributed by atoms with van der Waals surface area (Å²) in [7, 11) is -2.25. The van der Waals surface area contributed by atoms with Crippen LogP contribution in [0.3, 0.4) is 0 Å². The van der Waals surface area contributed by atoms with Gasteiger partial charge in [-0.3, -0.25) is 9.59 Å². The Kier molecular flexibility index (Phi) is 10.3. The maximum atomic E-state index is 12.7. The average Bonchev–Trinajstić information content (AvgIpc) is 3.06. The van der Waals surface area contributed by atoms with Gasteiger partial charge in [-0.1, -0.05) is 24.1 Å². The van der Waals surface area contributed by atoms with Gasteiger partial charge in [-0.25, -0.2) is 14.5 Å². The van der Waals surface area contributed by atoms with Crippen molar-refractivity contribution >= 4 is 27.4 Å². The number of amides is 2. The van der Waals surface area contributed by atoms with Crippen molar-refractivity contribution < 1.29 is 76.6 Å². The molecule has 0 spiro atoms. The van der Waals surface area contributed by atoms with Crippen molar-refractivity contribution in [3.05, 3.63) is 76.1 Å². The number of ketones is 1. The SMILES string of the molecule is C[N-]C(=O)[C-](C)NC(=O)c1ccc(CS(=O)(=O)c2ccc3c(c2)CC(=O)C3)cc1.[W].[Y].